The molecule has 2 rings (SSSR count). The van der Waals surface area contributed by atoms with Crippen LogP contribution in [0.3, 0.4) is 0 Å². The van der Waals surface area contributed by atoms with Crippen molar-refractivity contribution in [1.82, 2.24) is 0 Å². The second kappa shape index (κ2) is 5.17. The first-order chi connectivity index (χ1) is 8.80. The van der Waals surface area contributed by atoms with Crippen molar-refractivity contribution in [3.8, 4) is 0 Å². The van der Waals surface area contributed by atoms with Gasteiger partial charge in [-0.15, -0.1) is 11.8 Å². The molecule has 1 aliphatic carbocycles. The van der Waals surface area contributed by atoms with Gasteiger partial charge in [0.25, 0.3) is 0 Å². The average Bonchev–Trinajstić information content (AvgIpc) is 3.08. The Balaban J connectivity index is 2.48. The molecule has 6 heteroatoms. The largest absolute Gasteiger partial charge is 0.478 e. The van der Waals surface area contributed by atoms with Crippen LogP contribution in [0.15, 0.2) is 21.9 Å². The Labute approximate surface area is 117 Å². The van der Waals surface area contributed by atoms with Gasteiger partial charge in [0.1, 0.15) is 0 Å². The number of rotatable bonds is 5. The number of benzene rings is 1. The minimum absolute atomic E-state index is 0.172. The van der Waals surface area contributed by atoms with E-state index in [2.05, 4.69) is 0 Å². The molecule has 104 valence electrons. The summed E-state index contributed by atoms with van der Waals surface area (Å²) in [6.45, 7) is 1.67. The first kappa shape index (κ1) is 14.4. The van der Waals surface area contributed by atoms with E-state index < -0.39 is 15.8 Å². The molecule has 0 amide bonds. The highest BCUT2D eigenvalue weighted by atomic mass is 32.2. The van der Waals surface area contributed by atoms with Crippen LogP contribution in [0.2, 0.25) is 0 Å². The van der Waals surface area contributed by atoms with Crippen LogP contribution in [0.5, 0.6) is 0 Å². The lowest BCUT2D eigenvalue weighted by Gasteiger charge is -2.13. The molecule has 0 saturated heterocycles. The molecule has 0 aliphatic heterocycles. The molecule has 0 bridgehead atoms. The highest BCUT2D eigenvalue weighted by molar-refractivity contribution is 8.00. The number of carbonyl (C=O) groups is 1. The maximum absolute atomic E-state index is 11.8. The van der Waals surface area contributed by atoms with Crippen molar-refractivity contribution < 1.29 is 18.3 Å². The number of thioether (sulfide) groups is 1. The second-order valence-electron chi connectivity index (χ2n) is 4.90. The van der Waals surface area contributed by atoms with Gasteiger partial charge in [-0.25, -0.2) is 13.2 Å². The minimum Gasteiger partial charge on any atom is -0.478 e. The molecule has 0 aromatic heterocycles. The fraction of sp³-hybridized carbons (Fsp3) is 0.462. The van der Waals surface area contributed by atoms with Gasteiger partial charge in [-0.3, -0.25) is 0 Å². The first-order valence-electron chi connectivity index (χ1n) is 6.00. The molecule has 0 atom stereocenters. The van der Waals surface area contributed by atoms with E-state index >= 15 is 0 Å². The third-order valence-electron chi connectivity index (χ3n) is 3.16. The van der Waals surface area contributed by atoms with E-state index in [0.717, 1.165) is 12.0 Å². The number of hydrogen-bond acceptors (Lipinski definition) is 4. The molecule has 0 unspecified atom stereocenters. The third kappa shape index (κ3) is 3.30. The molecule has 0 radical (unpaired) electrons. The van der Waals surface area contributed by atoms with Crippen LogP contribution in [0.1, 0.15) is 28.8 Å². The molecule has 1 aliphatic rings. The quantitative estimate of drug-likeness (QED) is 0.846. The number of carboxylic acid groups (broad SMARTS) is 1. The number of hydrogen-bond donors (Lipinski definition) is 1. The van der Waals surface area contributed by atoms with Crippen LogP contribution in [0, 0.1) is 12.8 Å². The van der Waals surface area contributed by atoms with Crippen molar-refractivity contribution in [3.63, 3.8) is 0 Å². The first-order valence-corrected chi connectivity index (χ1v) is 8.88. The monoisotopic (exact) mass is 300 g/mol. The van der Waals surface area contributed by atoms with Gasteiger partial charge in [0.05, 0.1) is 10.5 Å². The maximum Gasteiger partial charge on any atom is 0.335 e. The average molecular weight is 300 g/mol. The van der Waals surface area contributed by atoms with E-state index in [0.29, 0.717) is 16.4 Å². The van der Waals surface area contributed by atoms with Gasteiger partial charge in [0.15, 0.2) is 9.84 Å². The van der Waals surface area contributed by atoms with Crippen LogP contribution in [-0.2, 0) is 9.84 Å². The van der Waals surface area contributed by atoms with Crippen molar-refractivity contribution >= 4 is 27.6 Å². The Bertz CT molecular complexity index is 616. The smallest absolute Gasteiger partial charge is 0.335 e. The summed E-state index contributed by atoms with van der Waals surface area (Å²) in [5.41, 5.74) is 0.715. The van der Waals surface area contributed by atoms with Crippen LogP contribution in [0.25, 0.3) is 0 Å². The zero-order valence-electron chi connectivity index (χ0n) is 10.8. The van der Waals surface area contributed by atoms with Crippen molar-refractivity contribution in [2.75, 3.05) is 12.0 Å². The predicted molar refractivity (Wildman–Crippen MR) is 74.7 cm³/mol. The Morgan fingerprint density at radius 1 is 1.42 bits per heavy atom. The summed E-state index contributed by atoms with van der Waals surface area (Å²) in [5, 5.41) is 9.11. The summed E-state index contributed by atoms with van der Waals surface area (Å²) >= 11 is 1.46. The predicted octanol–water partition coefficient (Wildman–Crippen LogP) is 2.60. The zero-order valence-corrected chi connectivity index (χ0v) is 12.5. The van der Waals surface area contributed by atoms with Crippen LogP contribution >= 0.6 is 11.8 Å². The zero-order chi connectivity index (χ0) is 14.2. The SMILES string of the molecule is Cc1c(C(=O)O)ccc(S(C)(=O)=O)c1SCC1CC1. The minimum atomic E-state index is -3.34. The molecule has 1 aromatic rings. The van der Waals surface area contributed by atoms with Crippen LogP contribution in [-0.4, -0.2) is 31.5 Å². The topological polar surface area (TPSA) is 71.4 Å². The Kier molecular flexibility index (Phi) is 3.92. The summed E-state index contributed by atoms with van der Waals surface area (Å²) in [7, 11) is -3.34. The van der Waals surface area contributed by atoms with Crippen LogP contribution < -0.4 is 0 Å². The molecule has 1 aromatic carbocycles. The fourth-order valence-electron chi connectivity index (χ4n) is 1.86. The molecular weight excluding hydrogens is 284 g/mol. The van der Waals surface area contributed by atoms with Gasteiger partial charge in [-0.05, 0) is 43.4 Å². The lowest BCUT2D eigenvalue weighted by atomic mass is 10.1. The molecule has 4 nitrogen and oxygen atoms in total. The summed E-state index contributed by atoms with van der Waals surface area (Å²) in [5.74, 6) is 0.475. The van der Waals surface area contributed by atoms with Crippen LogP contribution in [0.4, 0.5) is 0 Å². The Hall–Kier alpha value is -1.01. The highest BCUT2D eigenvalue weighted by Crippen LogP contribution is 2.39. The van der Waals surface area contributed by atoms with Crippen molar-refractivity contribution in [2.24, 2.45) is 5.92 Å². The van der Waals surface area contributed by atoms with E-state index in [-0.39, 0.29) is 10.5 Å². The Morgan fingerprint density at radius 2 is 2.05 bits per heavy atom. The molecule has 19 heavy (non-hydrogen) atoms. The van der Waals surface area contributed by atoms with E-state index in [9.17, 15) is 13.2 Å². The summed E-state index contributed by atoms with van der Waals surface area (Å²) in [4.78, 5) is 12.0. The van der Waals surface area contributed by atoms with E-state index in [1.165, 1.54) is 36.7 Å². The normalized spacial score (nSPS) is 15.5. The van der Waals surface area contributed by atoms with Gasteiger partial charge in [0, 0.05) is 16.9 Å². The van der Waals surface area contributed by atoms with Crippen molar-refractivity contribution in [2.45, 2.75) is 29.6 Å². The third-order valence-corrected chi connectivity index (χ3v) is 5.88. The van der Waals surface area contributed by atoms with Crippen molar-refractivity contribution in [1.29, 1.82) is 0 Å². The summed E-state index contributed by atoms with van der Waals surface area (Å²) in [6, 6.07) is 2.77. The van der Waals surface area contributed by atoms with E-state index in [4.69, 9.17) is 5.11 Å². The number of sulfone groups is 1. The molecule has 1 N–H and O–H groups in total. The van der Waals surface area contributed by atoms with E-state index in [1.54, 1.807) is 6.92 Å². The highest BCUT2D eigenvalue weighted by Gasteiger charge is 2.25. The van der Waals surface area contributed by atoms with Gasteiger partial charge >= 0.3 is 5.97 Å². The van der Waals surface area contributed by atoms with E-state index in [1.807, 2.05) is 0 Å². The molecular formula is C13H16O4S2. The number of carboxylic acids is 1. The molecule has 0 spiro atoms. The lowest BCUT2D eigenvalue weighted by molar-refractivity contribution is 0.0695. The molecule has 1 saturated carbocycles. The Morgan fingerprint density at radius 3 is 2.53 bits per heavy atom. The lowest BCUT2D eigenvalue weighted by Crippen LogP contribution is -2.07. The van der Waals surface area contributed by atoms with Gasteiger partial charge in [0.2, 0.25) is 0 Å². The molecule has 0 heterocycles. The molecule has 1 fully saturated rings. The summed E-state index contributed by atoms with van der Waals surface area (Å²) in [6.07, 6.45) is 3.52. The second-order valence-corrected chi connectivity index (χ2v) is 7.91. The maximum atomic E-state index is 11.8. The standard InChI is InChI=1S/C13H16O4S2/c1-8-10(13(14)15)5-6-11(19(2,16)17)12(8)18-7-9-3-4-9/h5-6,9H,3-4,7H2,1-2H3,(H,14,15). The van der Waals surface area contributed by atoms with Gasteiger partial charge in [-0.1, -0.05) is 0 Å². The van der Waals surface area contributed by atoms with Gasteiger partial charge in [-0.2, -0.15) is 0 Å². The fourth-order valence-corrected chi connectivity index (χ4v) is 4.56. The van der Waals surface area contributed by atoms with Gasteiger partial charge < -0.3 is 5.11 Å². The van der Waals surface area contributed by atoms with Crippen molar-refractivity contribution in [3.05, 3.63) is 23.3 Å². The summed E-state index contributed by atoms with van der Waals surface area (Å²) < 4.78 is 23.6. The number of aromatic carboxylic acids is 1.